The van der Waals surface area contributed by atoms with Gasteiger partial charge in [0.25, 0.3) is 0 Å². The number of rotatable bonds is 8. The van der Waals surface area contributed by atoms with Crippen LogP contribution in [0.25, 0.3) is 0 Å². The molecule has 0 radical (unpaired) electrons. The minimum Gasteiger partial charge on any atom is -0.493 e. The predicted octanol–water partition coefficient (Wildman–Crippen LogP) is 4.94. The van der Waals surface area contributed by atoms with Crippen molar-refractivity contribution < 1.29 is 19.1 Å². The molecule has 0 spiro atoms. The number of hydrogen-bond donors (Lipinski definition) is 1. The smallest absolute Gasteiger partial charge is 0.242 e. The molecule has 1 unspecified atom stereocenters. The molecule has 2 aromatic rings. The molecule has 1 N–H and O–H groups in total. The van der Waals surface area contributed by atoms with Gasteiger partial charge in [0.1, 0.15) is 5.25 Å². The molecular formula is C25H31N3O4S. The molecule has 0 aliphatic carbocycles. The summed E-state index contributed by atoms with van der Waals surface area (Å²) >= 11 is 1.35. The van der Waals surface area contributed by atoms with Gasteiger partial charge >= 0.3 is 0 Å². The van der Waals surface area contributed by atoms with Gasteiger partial charge in [-0.15, -0.1) is 0 Å². The average Bonchev–Trinajstić information content (AvgIpc) is 3.01. The summed E-state index contributed by atoms with van der Waals surface area (Å²) in [5.41, 5.74) is 3.62. The number of carbonyl (C=O) groups is 2. The number of ether oxygens (including phenoxy) is 2. The van der Waals surface area contributed by atoms with E-state index in [1.54, 1.807) is 30.2 Å². The average molecular weight is 470 g/mol. The summed E-state index contributed by atoms with van der Waals surface area (Å²) in [4.78, 5) is 32.4. The number of benzene rings is 2. The second kappa shape index (κ2) is 10.7. The Kier molecular flexibility index (Phi) is 8.02. The molecule has 1 atom stereocenters. The normalized spacial score (nSPS) is 17.1. The van der Waals surface area contributed by atoms with Crippen molar-refractivity contribution in [3.63, 3.8) is 0 Å². The summed E-state index contributed by atoms with van der Waals surface area (Å²) in [6.07, 6.45) is 0.0539. The lowest BCUT2D eigenvalue weighted by Crippen LogP contribution is -2.36. The molecule has 1 aliphatic heterocycles. The molecule has 33 heavy (non-hydrogen) atoms. The van der Waals surface area contributed by atoms with Crippen LogP contribution >= 0.6 is 11.8 Å². The van der Waals surface area contributed by atoms with E-state index in [-0.39, 0.29) is 24.2 Å². The summed E-state index contributed by atoms with van der Waals surface area (Å²) in [7, 11) is 3.09. The Labute approximate surface area is 199 Å². The maximum Gasteiger partial charge on any atom is 0.242 e. The summed E-state index contributed by atoms with van der Waals surface area (Å²) in [6.45, 7) is 8.73. The zero-order chi connectivity index (χ0) is 24.1. The molecule has 1 fully saturated rings. The SMILES string of the molecule is COc1ccc(NC(=O)CC2SC(=Nc3cc(C)cc(C)c3)N(CC(C)C)C2=O)cc1OC. The van der Waals surface area contributed by atoms with Gasteiger partial charge < -0.3 is 14.8 Å². The van der Waals surface area contributed by atoms with Crippen LogP contribution in [-0.2, 0) is 9.59 Å². The van der Waals surface area contributed by atoms with Crippen molar-refractivity contribution in [1.82, 2.24) is 4.90 Å². The van der Waals surface area contributed by atoms with Crippen molar-refractivity contribution in [3.05, 3.63) is 47.5 Å². The van der Waals surface area contributed by atoms with E-state index >= 15 is 0 Å². The fourth-order valence-electron chi connectivity index (χ4n) is 3.68. The minimum atomic E-state index is -0.520. The molecule has 1 heterocycles. The molecule has 2 amide bonds. The fourth-order valence-corrected chi connectivity index (χ4v) is 4.85. The molecule has 0 aromatic heterocycles. The molecule has 2 aromatic carbocycles. The number of thioether (sulfide) groups is 1. The number of nitrogens with zero attached hydrogens (tertiary/aromatic N) is 2. The second-order valence-electron chi connectivity index (χ2n) is 8.51. The molecule has 0 saturated carbocycles. The Hall–Kier alpha value is -3.00. The van der Waals surface area contributed by atoms with E-state index in [0.29, 0.717) is 28.9 Å². The number of aliphatic imine (C=N–C) groups is 1. The number of carbonyl (C=O) groups excluding carboxylic acids is 2. The zero-order valence-corrected chi connectivity index (χ0v) is 20.8. The maximum atomic E-state index is 13.2. The molecule has 0 bridgehead atoms. The van der Waals surface area contributed by atoms with Crippen molar-refractivity contribution in [2.45, 2.75) is 39.4 Å². The van der Waals surface area contributed by atoms with E-state index in [1.807, 2.05) is 26.0 Å². The number of aryl methyl sites for hydroxylation is 2. The van der Waals surface area contributed by atoms with Crippen LogP contribution in [-0.4, -0.2) is 47.9 Å². The van der Waals surface area contributed by atoms with Gasteiger partial charge in [-0.3, -0.25) is 14.5 Å². The van der Waals surface area contributed by atoms with Crippen molar-refractivity contribution in [2.75, 3.05) is 26.1 Å². The first kappa shape index (κ1) is 24.6. The largest absolute Gasteiger partial charge is 0.493 e. The summed E-state index contributed by atoms with van der Waals surface area (Å²) in [5.74, 6) is 1.05. The highest BCUT2D eigenvalue weighted by Gasteiger charge is 2.39. The van der Waals surface area contributed by atoms with Crippen LogP contribution in [0.1, 0.15) is 31.4 Å². The zero-order valence-electron chi connectivity index (χ0n) is 20.0. The Morgan fingerprint density at radius 1 is 1.09 bits per heavy atom. The number of methoxy groups -OCH3 is 2. The lowest BCUT2D eigenvalue weighted by Gasteiger charge is -2.18. The number of anilines is 1. The van der Waals surface area contributed by atoms with Gasteiger partial charge in [0, 0.05) is 24.7 Å². The third-order valence-electron chi connectivity index (χ3n) is 5.04. The number of hydrogen-bond acceptors (Lipinski definition) is 6. The topological polar surface area (TPSA) is 80.2 Å². The van der Waals surface area contributed by atoms with Crippen LogP contribution in [0.3, 0.4) is 0 Å². The van der Waals surface area contributed by atoms with E-state index in [4.69, 9.17) is 14.5 Å². The van der Waals surface area contributed by atoms with Gasteiger partial charge in [0.15, 0.2) is 16.7 Å². The third kappa shape index (κ3) is 6.28. The molecule has 3 rings (SSSR count). The first-order valence-corrected chi connectivity index (χ1v) is 11.7. The first-order chi connectivity index (χ1) is 15.7. The van der Waals surface area contributed by atoms with Crippen molar-refractivity contribution in [1.29, 1.82) is 0 Å². The van der Waals surface area contributed by atoms with Crippen LogP contribution < -0.4 is 14.8 Å². The van der Waals surface area contributed by atoms with Crippen LogP contribution in [0, 0.1) is 19.8 Å². The minimum absolute atomic E-state index is 0.0539. The van der Waals surface area contributed by atoms with E-state index in [0.717, 1.165) is 16.8 Å². The van der Waals surface area contributed by atoms with Crippen molar-refractivity contribution in [2.24, 2.45) is 10.9 Å². The van der Waals surface area contributed by atoms with Gasteiger partial charge in [0.05, 0.1) is 19.9 Å². The lowest BCUT2D eigenvalue weighted by molar-refractivity contribution is -0.128. The quantitative estimate of drug-likeness (QED) is 0.593. The van der Waals surface area contributed by atoms with Gasteiger partial charge in [-0.1, -0.05) is 31.7 Å². The van der Waals surface area contributed by atoms with E-state index in [9.17, 15) is 9.59 Å². The Morgan fingerprint density at radius 2 is 1.76 bits per heavy atom. The van der Waals surface area contributed by atoms with E-state index in [1.165, 1.54) is 18.9 Å². The summed E-state index contributed by atoms with van der Waals surface area (Å²) in [6, 6.07) is 11.2. The highest BCUT2D eigenvalue weighted by Crippen LogP contribution is 2.34. The molecule has 1 saturated heterocycles. The number of amides is 2. The Bertz CT molecular complexity index is 1050. The Morgan fingerprint density at radius 3 is 2.36 bits per heavy atom. The van der Waals surface area contributed by atoms with Crippen LogP contribution in [0.2, 0.25) is 0 Å². The first-order valence-electron chi connectivity index (χ1n) is 10.9. The van der Waals surface area contributed by atoms with Crippen molar-refractivity contribution in [3.8, 4) is 11.5 Å². The Balaban J connectivity index is 1.77. The molecule has 7 nitrogen and oxygen atoms in total. The van der Waals surface area contributed by atoms with Crippen molar-refractivity contribution >= 4 is 40.1 Å². The standard InChI is InChI=1S/C25H31N3O4S/c1-15(2)14-28-24(30)22(33-25(28)27-19-10-16(3)9-17(4)11-19)13-23(29)26-18-7-8-20(31-5)21(12-18)32-6/h7-12,15,22H,13-14H2,1-6H3,(H,26,29). The van der Waals surface area contributed by atoms with Gasteiger partial charge in [-0.2, -0.15) is 0 Å². The highest BCUT2D eigenvalue weighted by atomic mass is 32.2. The van der Waals surface area contributed by atoms with Gasteiger partial charge in [0.2, 0.25) is 11.8 Å². The highest BCUT2D eigenvalue weighted by molar-refractivity contribution is 8.15. The molecule has 1 aliphatic rings. The van der Waals surface area contributed by atoms with E-state index in [2.05, 4.69) is 25.2 Å². The third-order valence-corrected chi connectivity index (χ3v) is 6.21. The van der Waals surface area contributed by atoms with E-state index < -0.39 is 5.25 Å². The predicted molar refractivity (Wildman–Crippen MR) is 134 cm³/mol. The molecule has 8 heteroatoms. The van der Waals surface area contributed by atoms with Gasteiger partial charge in [-0.25, -0.2) is 4.99 Å². The monoisotopic (exact) mass is 469 g/mol. The summed E-state index contributed by atoms with van der Waals surface area (Å²) in [5, 5.41) is 2.97. The van der Waals surface area contributed by atoms with Gasteiger partial charge in [-0.05, 0) is 55.2 Å². The van der Waals surface area contributed by atoms with Crippen LogP contribution in [0.5, 0.6) is 11.5 Å². The molecule has 176 valence electrons. The second-order valence-corrected chi connectivity index (χ2v) is 9.68. The number of amidine groups is 1. The van der Waals surface area contributed by atoms with Crippen LogP contribution in [0.4, 0.5) is 11.4 Å². The van der Waals surface area contributed by atoms with Crippen LogP contribution in [0.15, 0.2) is 41.4 Å². The lowest BCUT2D eigenvalue weighted by atomic mass is 10.1. The fraction of sp³-hybridized carbons (Fsp3) is 0.400. The maximum absolute atomic E-state index is 13.2. The number of nitrogens with one attached hydrogen (secondary N) is 1. The summed E-state index contributed by atoms with van der Waals surface area (Å²) < 4.78 is 10.5. The molecular weight excluding hydrogens is 438 g/mol.